The van der Waals surface area contributed by atoms with Crippen LogP contribution in [0.5, 0.6) is 11.5 Å². The Hall–Kier alpha value is -2.95. The number of nitrogens with one attached hydrogen (secondary N) is 2. The number of ether oxygens (including phenoxy) is 2. The lowest BCUT2D eigenvalue weighted by atomic mass is 9.94. The van der Waals surface area contributed by atoms with Gasteiger partial charge in [-0.05, 0) is 80.0 Å². The largest absolute Gasteiger partial charge is 0.454 e. The van der Waals surface area contributed by atoms with Crippen LogP contribution in [0.4, 0.5) is 5.69 Å². The molecule has 0 saturated heterocycles. The molecule has 0 unspecified atom stereocenters. The van der Waals surface area contributed by atoms with Crippen LogP contribution in [0.1, 0.15) is 43.9 Å². The number of fused-ring (bicyclic) bond motifs is 4. The number of rotatable bonds is 3. The Kier molecular flexibility index (Phi) is 3.31. The molecule has 1 amide bonds. The van der Waals surface area contributed by atoms with E-state index in [4.69, 9.17) is 9.47 Å². The number of carbonyl (C=O) groups excluding carboxylic acids is 1. The fraction of sp³-hybridized carbons (Fsp3) is 0.348. The summed E-state index contributed by atoms with van der Waals surface area (Å²) >= 11 is 0. The Morgan fingerprint density at radius 1 is 1.04 bits per heavy atom. The molecule has 2 N–H and O–H groups in total. The quantitative estimate of drug-likeness (QED) is 0.697. The maximum atomic E-state index is 13.2. The zero-order valence-electron chi connectivity index (χ0n) is 15.6. The molecule has 1 aliphatic heterocycles. The van der Waals surface area contributed by atoms with E-state index in [1.807, 2.05) is 24.3 Å². The highest BCUT2D eigenvalue weighted by molar-refractivity contribution is 6.03. The van der Waals surface area contributed by atoms with Gasteiger partial charge in [-0.1, -0.05) is 6.07 Å². The van der Waals surface area contributed by atoms with E-state index >= 15 is 0 Å². The van der Waals surface area contributed by atoms with Crippen molar-refractivity contribution >= 4 is 22.5 Å². The number of amides is 1. The number of aromatic amines is 1. The van der Waals surface area contributed by atoms with Crippen LogP contribution in [0.2, 0.25) is 0 Å². The van der Waals surface area contributed by atoms with Crippen molar-refractivity contribution in [2.75, 3.05) is 12.1 Å². The molecule has 1 aromatic heterocycles. The monoisotopic (exact) mass is 376 g/mol. The van der Waals surface area contributed by atoms with Crippen LogP contribution in [0, 0.1) is 0 Å². The Labute approximate surface area is 164 Å². The van der Waals surface area contributed by atoms with Crippen molar-refractivity contribution in [3.8, 4) is 11.5 Å². The van der Waals surface area contributed by atoms with Gasteiger partial charge in [0.25, 0.3) is 0 Å². The summed E-state index contributed by atoms with van der Waals surface area (Å²) in [6.45, 7) is 0.249. The molecule has 5 heteroatoms. The molecule has 28 heavy (non-hydrogen) atoms. The predicted octanol–water partition coefficient (Wildman–Crippen LogP) is 4.69. The van der Waals surface area contributed by atoms with Crippen LogP contribution in [0.3, 0.4) is 0 Å². The summed E-state index contributed by atoms with van der Waals surface area (Å²) in [6, 6.07) is 12.1. The van der Waals surface area contributed by atoms with E-state index in [1.54, 1.807) is 0 Å². The molecule has 5 nitrogen and oxygen atoms in total. The fourth-order valence-electron chi connectivity index (χ4n) is 4.70. The standard InChI is InChI=1S/C23H22N2O3.H2/c26-22(23(9-10-23)14-5-8-20-21(11-14)28-13-27-20)24-15-6-7-19-17(12-15)16-3-1-2-4-18(16)25-19;/h5-8,11-12,25H,1-4,9-10,13H2,(H,24,26);1H. The molecule has 2 aliphatic carbocycles. The third kappa shape index (κ3) is 2.35. The maximum absolute atomic E-state index is 13.2. The highest BCUT2D eigenvalue weighted by Gasteiger charge is 2.51. The average Bonchev–Trinajstić information content (AvgIpc) is 3.26. The van der Waals surface area contributed by atoms with Crippen LogP contribution in [-0.2, 0) is 23.1 Å². The van der Waals surface area contributed by atoms with Crippen LogP contribution in [0.25, 0.3) is 10.9 Å². The normalized spacial score (nSPS) is 18.7. The van der Waals surface area contributed by atoms with Crippen LogP contribution < -0.4 is 14.8 Å². The summed E-state index contributed by atoms with van der Waals surface area (Å²) in [5, 5.41) is 4.43. The second kappa shape index (κ2) is 5.77. The Bertz CT molecular complexity index is 1120. The van der Waals surface area contributed by atoms with Gasteiger partial charge in [0.05, 0.1) is 5.41 Å². The molecular weight excluding hydrogens is 352 g/mol. The van der Waals surface area contributed by atoms with E-state index in [2.05, 4.69) is 22.4 Å². The smallest absolute Gasteiger partial charge is 0.235 e. The number of hydrogen-bond donors (Lipinski definition) is 2. The van der Waals surface area contributed by atoms with Crippen molar-refractivity contribution in [2.45, 2.75) is 43.9 Å². The molecule has 144 valence electrons. The molecule has 2 heterocycles. The summed E-state index contributed by atoms with van der Waals surface area (Å²) in [5.74, 6) is 1.55. The Morgan fingerprint density at radius 2 is 1.89 bits per heavy atom. The van der Waals surface area contributed by atoms with E-state index in [0.717, 1.165) is 48.4 Å². The highest BCUT2D eigenvalue weighted by atomic mass is 16.7. The van der Waals surface area contributed by atoms with Gasteiger partial charge in [-0.2, -0.15) is 0 Å². The molecule has 1 saturated carbocycles. The van der Waals surface area contributed by atoms with Gasteiger partial charge in [0, 0.05) is 23.7 Å². The molecule has 0 radical (unpaired) electrons. The molecule has 1 fully saturated rings. The van der Waals surface area contributed by atoms with Crippen molar-refractivity contribution in [3.05, 3.63) is 53.2 Å². The summed E-state index contributed by atoms with van der Waals surface area (Å²) in [5.41, 5.74) is 5.39. The molecule has 0 bridgehead atoms. The number of anilines is 1. The minimum atomic E-state index is -0.451. The first-order chi connectivity index (χ1) is 13.7. The van der Waals surface area contributed by atoms with Gasteiger partial charge in [0.1, 0.15) is 0 Å². The highest BCUT2D eigenvalue weighted by Crippen LogP contribution is 2.51. The second-order valence-corrected chi connectivity index (χ2v) is 8.15. The zero-order chi connectivity index (χ0) is 18.7. The van der Waals surface area contributed by atoms with Gasteiger partial charge in [-0.3, -0.25) is 4.79 Å². The predicted molar refractivity (Wildman–Crippen MR) is 109 cm³/mol. The van der Waals surface area contributed by atoms with E-state index in [0.29, 0.717) is 0 Å². The minimum absolute atomic E-state index is 0. The first-order valence-corrected chi connectivity index (χ1v) is 10.1. The number of H-pyrrole nitrogens is 1. The molecule has 2 aromatic carbocycles. The van der Waals surface area contributed by atoms with Gasteiger partial charge in [-0.25, -0.2) is 0 Å². The maximum Gasteiger partial charge on any atom is 0.235 e. The van der Waals surface area contributed by atoms with Crippen molar-refractivity contribution < 1.29 is 15.7 Å². The second-order valence-electron chi connectivity index (χ2n) is 8.15. The van der Waals surface area contributed by atoms with Crippen molar-refractivity contribution in [2.24, 2.45) is 0 Å². The minimum Gasteiger partial charge on any atom is -0.454 e. The first-order valence-electron chi connectivity index (χ1n) is 10.1. The molecule has 0 spiro atoms. The topological polar surface area (TPSA) is 63.4 Å². The molecule has 3 aromatic rings. The number of carbonyl (C=O) groups is 1. The molecule has 6 rings (SSSR count). The Morgan fingerprint density at radius 3 is 2.79 bits per heavy atom. The van der Waals surface area contributed by atoms with Gasteiger partial charge in [-0.15, -0.1) is 0 Å². The average molecular weight is 376 g/mol. The number of aromatic nitrogens is 1. The van der Waals surface area contributed by atoms with Crippen LogP contribution in [-0.4, -0.2) is 17.7 Å². The van der Waals surface area contributed by atoms with E-state index in [-0.39, 0.29) is 14.1 Å². The lowest BCUT2D eigenvalue weighted by Crippen LogP contribution is -2.27. The van der Waals surface area contributed by atoms with Crippen molar-refractivity contribution in [1.82, 2.24) is 4.98 Å². The molecule has 3 aliphatic rings. The third-order valence-electron chi connectivity index (χ3n) is 6.47. The molecular formula is C23H24N2O3. The van der Waals surface area contributed by atoms with Crippen molar-refractivity contribution in [3.63, 3.8) is 0 Å². The lowest BCUT2D eigenvalue weighted by Gasteiger charge is -2.16. The fourth-order valence-corrected chi connectivity index (χ4v) is 4.70. The lowest BCUT2D eigenvalue weighted by molar-refractivity contribution is -0.118. The number of aryl methyl sites for hydroxylation is 2. The summed E-state index contributed by atoms with van der Waals surface area (Å²) in [7, 11) is 0. The third-order valence-corrected chi connectivity index (χ3v) is 6.47. The summed E-state index contributed by atoms with van der Waals surface area (Å²) in [6.07, 6.45) is 6.46. The summed E-state index contributed by atoms with van der Waals surface area (Å²) < 4.78 is 10.9. The van der Waals surface area contributed by atoms with Gasteiger partial charge in [0.15, 0.2) is 11.5 Å². The SMILES string of the molecule is O=C(Nc1ccc2[nH]c3c(c2c1)CCCC3)C1(c2ccc3c(c2)OCO3)CC1.[HH]. The van der Waals surface area contributed by atoms with Crippen LogP contribution in [0.15, 0.2) is 36.4 Å². The Balaban J connectivity index is 0.00000181. The van der Waals surface area contributed by atoms with Gasteiger partial charge in [0.2, 0.25) is 12.7 Å². The first kappa shape index (κ1) is 16.0. The number of hydrogen-bond acceptors (Lipinski definition) is 3. The zero-order valence-corrected chi connectivity index (χ0v) is 15.6. The van der Waals surface area contributed by atoms with E-state index < -0.39 is 5.41 Å². The molecule has 0 atom stereocenters. The van der Waals surface area contributed by atoms with Crippen molar-refractivity contribution in [1.29, 1.82) is 0 Å². The van der Waals surface area contributed by atoms with E-state index in [1.165, 1.54) is 35.0 Å². The van der Waals surface area contributed by atoms with Crippen LogP contribution >= 0.6 is 0 Å². The van der Waals surface area contributed by atoms with Gasteiger partial charge >= 0.3 is 0 Å². The number of benzene rings is 2. The summed E-state index contributed by atoms with van der Waals surface area (Å²) in [4.78, 5) is 16.7. The van der Waals surface area contributed by atoms with E-state index in [9.17, 15) is 4.79 Å². The van der Waals surface area contributed by atoms with Gasteiger partial charge < -0.3 is 19.8 Å².